The minimum Gasteiger partial charge on any atom is -0.462 e. The van der Waals surface area contributed by atoms with Gasteiger partial charge in [-0.1, -0.05) is 30.3 Å². The number of carbonyl (C=O) groups excluding carboxylic acids is 2. The number of ether oxygens (including phenoxy) is 1. The van der Waals surface area contributed by atoms with Gasteiger partial charge in [0, 0.05) is 32.5 Å². The van der Waals surface area contributed by atoms with Gasteiger partial charge < -0.3 is 4.74 Å². The quantitative estimate of drug-likeness (QED) is 0.803. The second-order valence-corrected chi connectivity index (χ2v) is 6.13. The highest BCUT2D eigenvalue weighted by Crippen LogP contribution is 2.10. The standard InChI is InChI=1S/C12H15NO.C5H10O2/c14-12-6-8-13(9-7-12)10-11-4-2-1-3-5-11;1-5(2,3)7-4-6/h1-5H,6-10H2;4H,1-3H3. The molecule has 1 aliphatic rings. The SMILES string of the molecule is CC(C)(C)OC=O.O=C1CCN(Cc2ccccc2)CC1. The van der Waals surface area contributed by atoms with Crippen molar-refractivity contribution in [3.63, 3.8) is 0 Å². The van der Waals surface area contributed by atoms with Crippen LogP contribution in [0.4, 0.5) is 0 Å². The van der Waals surface area contributed by atoms with Crippen molar-refractivity contribution < 1.29 is 14.3 Å². The lowest BCUT2D eigenvalue weighted by atomic mass is 10.1. The van der Waals surface area contributed by atoms with Gasteiger partial charge in [-0.2, -0.15) is 0 Å². The maximum absolute atomic E-state index is 11.0. The molecule has 0 N–H and O–H groups in total. The Kier molecular flexibility index (Phi) is 7.09. The van der Waals surface area contributed by atoms with Crippen molar-refractivity contribution in [2.45, 2.75) is 45.8 Å². The molecule has 0 unspecified atom stereocenters. The van der Waals surface area contributed by atoms with Crippen LogP contribution in [0.25, 0.3) is 0 Å². The third-order valence-corrected chi connectivity index (χ3v) is 3.06. The van der Waals surface area contributed by atoms with Gasteiger partial charge in [0.15, 0.2) is 0 Å². The molecule has 1 fully saturated rings. The molecule has 2 rings (SSSR count). The summed E-state index contributed by atoms with van der Waals surface area (Å²) in [4.78, 5) is 23.0. The van der Waals surface area contributed by atoms with Crippen molar-refractivity contribution in [1.29, 1.82) is 0 Å². The fraction of sp³-hybridized carbons (Fsp3) is 0.529. The summed E-state index contributed by atoms with van der Waals surface area (Å²) in [5.41, 5.74) is 1.02. The number of hydrogen-bond acceptors (Lipinski definition) is 4. The normalized spacial score (nSPS) is 15.9. The first-order valence-electron chi connectivity index (χ1n) is 7.30. The predicted octanol–water partition coefficient (Wildman–Crippen LogP) is 2.81. The number of likely N-dealkylation sites (tertiary alicyclic amines) is 1. The maximum atomic E-state index is 11.0. The summed E-state index contributed by atoms with van der Waals surface area (Å²) >= 11 is 0. The maximum Gasteiger partial charge on any atom is 0.293 e. The van der Waals surface area contributed by atoms with Gasteiger partial charge in [0.1, 0.15) is 11.4 Å². The lowest BCUT2D eigenvalue weighted by Crippen LogP contribution is -2.33. The fourth-order valence-electron chi connectivity index (χ4n) is 1.95. The van der Waals surface area contributed by atoms with E-state index in [9.17, 15) is 9.59 Å². The number of nitrogens with zero attached hydrogens (tertiary/aromatic N) is 1. The van der Waals surface area contributed by atoms with Crippen LogP contribution >= 0.6 is 0 Å². The first-order valence-corrected chi connectivity index (χ1v) is 7.30. The van der Waals surface area contributed by atoms with Crippen LogP contribution in [0.2, 0.25) is 0 Å². The summed E-state index contributed by atoms with van der Waals surface area (Å²) in [5, 5.41) is 0. The molecule has 0 atom stereocenters. The Morgan fingerprint density at radius 3 is 2.14 bits per heavy atom. The zero-order valence-corrected chi connectivity index (χ0v) is 13.2. The van der Waals surface area contributed by atoms with Gasteiger partial charge in [0.2, 0.25) is 0 Å². The summed E-state index contributed by atoms with van der Waals surface area (Å²) in [7, 11) is 0. The first kappa shape index (κ1) is 17.4. The molecule has 4 nitrogen and oxygen atoms in total. The van der Waals surface area contributed by atoms with Gasteiger partial charge in [-0.3, -0.25) is 14.5 Å². The van der Waals surface area contributed by atoms with E-state index in [0.29, 0.717) is 12.3 Å². The van der Waals surface area contributed by atoms with E-state index in [1.165, 1.54) is 5.56 Å². The van der Waals surface area contributed by atoms with E-state index in [2.05, 4.69) is 33.9 Å². The van der Waals surface area contributed by atoms with E-state index in [-0.39, 0.29) is 5.60 Å². The Morgan fingerprint density at radius 1 is 1.14 bits per heavy atom. The summed E-state index contributed by atoms with van der Waals surface area (Å²) in [6, 6.07) is 10.4. The first-order chi connectivity index (χ1) is 9.90. The van der Waals surface area contributed by atoms with Gasteiger partial charge >= 0.3 is 0 Å². The Balaban J connectivity index is 0.000000270. The zero-order valence-electron chi connectivity index (χ0n) is 13.2. The van der Waals surface area contributed by atoms with Crippen molar-refractivity contribution in [2.24, 2.45) is 0 Å². The van der Waals surface area contributed by atoms with Crippen LogP contribution in [0, 0.1) is 0 Å². The molecule has 0 saturated carbocycles. The van der Waals surface area contributed by atoms with E-state index in [4.69, 9.17) is 0 Å². The highest BCUT2D eigenvalue weighted by molar-refractivity contribution is 5.79. The van der Waals surface area contributed by atoms with Crippen LogP contribution in [0.5, 0.6) is 0 Å². The smallest absolute Gasteiger partial charge is 0.293 e. The summed E-state index contributed by atoms with van der Waals surface area (Å²) in [6.45, 7) is 8.75. The van der Waals surface area contributed by atoms with Gasteiger partial charge in [-0.25, -0.2) is 0 Å². The molecule has 1 saturated heterocycles. The van der Waals surface area contributed by atoms with Crippen LogP contribution in [0.15, 0.2) is 30.3 Å². The average Bonchev–Trinajstić information content (AvgIpc) is 2.42. The number of benzene rings is 1. The number of piperidine rings is 1. The number of carbonyl (C=O) groups is 2. The topological polar surface area (TPSA) is 46.6 Å². The monoisotopic (exact) mass is 291 g/mol. The Labute approximate surface area is 127 Å². The van der Waals surface area contributed by atoms with Crippen molar-refractivity contribution in [2.75, 3.05) is 13.1 Å². The molecule has 1 aliphatic heterocycles. The Hall–Kier alpha value is -1.68. The molecule has 1 heterocycles. The molecule has 0 radical (unpaired) electrons. The summed E-state index contributed by atoms with van der Waals surface area (Å²) < 4.78 is 4.55. The minimum absolute atomic E-state index is 0.318. The number of ketones is 1. The van der Waals surface area contributed by atoms with E-state index in [0.717, 1.165) is 32.5 Å². The lowest BCUT2D eigenvalue weighted by Gasteiger charge is -2.25. The van der Waals surface area contributed by atoms with Crippen LogP contribution < -0.4 is 0 Å². The van der Waals surface area contributed by atoms with E-state index in [1.54, 1.807) is 0 Å². The van der Waals surface area contributed by atoms with E-state index < -0.39 is 0 Å². The van der Waals surface area contributed by atoms with Crippen molar-refractivity contribution in [3.05, 3.63) is 35.9 Å². The van der Waals surface area contributed by atoms with E-state index in [1.807, 2.05) is 26.8 Å². The zero-order chi connectivity index (χ0) is 15.7. The van der Waals surface area contributed by atoms with Crippen LogP contribution in [0.3, 0.4) is 0 Å². The molecular formula is C17H25NO3. The van der Waals surface area contributed by atoms with Crippen LogP contribution in [0.1, 0.15) is 39.2 Å². The second kappa shape index (κ2) is 8.57. The third kappa shape index (κ3) is 8.25. The molecule has 1 aromatic carbocycles. The molecule has 21 heavy (non-hydrogen) atoms. The van der Waals surface area contributed by atoms with Crippen molar-refractivity contribution >= 4 is 12.3 Å². The second-order valence-electron chi connectivity index (χ2n) is 6.13. The molecule has 4 heteroatoms. The highest BCUT2D eigenvalue weighted by atomic mass is 16.5. The van der Waals surface area contributed by atoms with Gasteiger partial charge in [-0.15, -0.1) is 0 Å². The molecule has 0 amide bonds. The molecule has 0 aromatic heterocycles. The predicted molar refractivity (Wildman–Crippen MR) is 82.9 cm³/mol. The minimum atomic E-state index is -0.318. The average molecular weight is 291 g/mol. The van der Waals surface area contributed by atoms with Crippen molar-refractivity contribution in [3.8, 4) is 0 Å². The summed E-state index contributed by atoms with van der Waals surface area (Å²) in [6.07, 6.45) is 1.46. The highest BCUT2D eigenvalue weighted by Gasteiger charge is 2.15. The largest absolute Gasteiger partial charge is 0.462 e. The number of hydrogen-bond donors (Lipinski definition) is 0. The van der Waals surface area contributed by atoms with Crippen LogP contribution in [-0.4, -0.2) is 35.8 Å². The fourth-order valence-corrected chi connectivity index (χ4v) is 1.95. The van der Waals surface area contributed by atoms with Crippen molar-refractivity contribution in [1.82, 2.24) is 4.90 Å². The number of Topliss-reactive ketones (excluding diaryl/α,β-unsaturated/α-hetero) is 1. The van der Waals surface area contributed by atoms with Crippen LogP contribution in [-0.2, 0) is 20.9 Å². The molecule has 116 valence electrons. The Bertz CT molecular complexity index is 427. The van der Waals surface area contributed by atoms with Gasteiger partial charge in [0.05, 0.1) is 0 Å². The Morgan fingerprint density at radius 2 is 1.71 bits per heavy atom. The van der Waals surface area contributed by atoms with E-state index >= 15 is 0 Å². The van der Waals surface area contributed by atoms with Gasteiger partial charge in [0.25, 0.3) is 6.47 Å². The molecule has 0 bridgehead atoms. The molecule has 1 aromatic rings. The molecule has 0 aliphatic carbocycles. The van der Waals surface area contributed by atoms with Gasteiger partial charge in [-0.05, 0) is 26.3 Å². The number of rotatable bonds is 3. The molecule has 0 spiro atoms. The molecular weight excluding hydrogens is 266 g/mol. The summed E-state index contributed by atoms with van der Waals surface area (Å²) in [5.74, 6) is 0.411. The lowest BCUT2D eigenvalue weighted by molar-refractivity contribution is -0.138. The third-order valence-electron chi connectivity index (χ3n) is 3.06.